The molecule has 1 aliphatic heterocycles. The highest BCUT2D eigenvalue weighted by molar-refractivity contribution is 7.99. The number of rotatable bonds is 6. The molecule has 7 nitrogen and oxygen atoms in total. The van der Waals surface area contributed by atoms with Crippen molar-refractivity contribution in [3.05, 3.63) is 35.0 Å². The summed E-state index contributed by atoms with van der Waals surface area (Å²) in [6.45, 7) is 8.79. The van der Waals surface area contributed by atoms with Crippen LogP contribution in [0.3, 0.4) is 0 Å². The zero-order valence-electron chi connectivity index (χ0n) is 18.1. The first-order valence-corrected chi connectivity index (χ1v) is 11.3. The number of allylic oxidation sites excluding steroid dienone is 2. The molecule has 2 heterocycles. The summed E-state index contributed by atoms with van der Waals surface area (Å²) < 4.78 is 13.1. The number of aromatic nitrogens is 3. The SMILES string of the molecule is CCOc1cc(C2C3=C(CC(C)(C)CC3=O)Nc3nc(SCC)nn32)ccc1OC. The monoisotopic (exact) mass is 428 g/mol. The fourth-order valence-corrected chi connectivity index (χ4v) is 4.77. The van der Waals surface area contributed by atoms with Gasteiger partial charge in [0.1, 0.15) is 6.04 Å². The lowest BCUT2D eigenvalue weighted by molar-refractivity contribution is -0.118. The lowest BCUT2D eigenvalue weighted by atomic mass is 9.73. The average molecular weight is 429 g/mol. The van der Waals surface area contributed by atoms with E-state index < -0.39 is 0 Å². The molecular weight excluding hydrogens is 400 g/mol. The molecule has 30 heavy (non-hydrogen) atoms. The summed E-state index contributed by atoms with van der Waals surface area (Å²) in [5, 5.41) is 8.83. The van der Waals surface area contributed by atoms with Crippen LogP contribution in [0.15, 0.2) is 34.6 Å². The van der Waals surface area contributed by atoms with Gasteiger partial charge in [-0.2, -0.15) is 4.98 Å². The second-order valence-corrected chi connectivity index (χ2v) is 9.53. The Morgan fingerprint density at radius 2 is 2.07 bits per heavy atom. The first-order chi connectivity index (χ1) is 14.4. The first kappa shape index (κ1) is 20.8. The van der Waals surface area contributed by atoms with Crippen LogP contribution >= 0.6 is 11.8 Å². The van der Waals surface area contributed by atoms with Crippen molar-refractivity contribution in [3.63, 3.8) is 0 Å². The maximum atomic E-state index is 13.3. The van der Waals surface area contributed by atoms with Gasteiger partial charge < -0.3 is 14.8 Å². The Bertz CT molecular complexity index is 1010. The molecule has 0 amide bonds. The zero-order chi connectivity index (χ0) is 21.5. The highest BCUT2D eigenvalue weighted by atomic mass is 32.2. The molecule has 0 saturated carbocycles. The molecule has 1 N–H and O–H groups in total. The second-order valence-electron chi connectivity index (χ2n) is 8.30. The molecule has 2 aromatic rings. The molecule has 0 fully saturated rings. The fourth-order valence-electron chi connectivity index (χ4n) is 4.22. The van der Waals surface area contributed by atoms with Gasteiger partial charge in [0, 0.05) is 17.7 Å². The van der Waals surface area contributed by atoms with E-state index in [2.05, 4.69) is 31.1 Å². The summed E-state index contributed by atoms with van der Waals surface area (Å²) in [5.74, 6) is 3.03. The van der Waals surface area contributed by atoms with Crippen LogP contribution < -0.4 is 14.8 Å². The summed E-state index contributed by atoms with van der Waals surface area (Å²) in [5.41, 5.74) is 2.56. The van der Waals surface area contributed by atoms with Gasteiger partial charge in [-0.25, -0.2) is 4.68 Å². The highest BCUT2D eigenvalue weighted by Gasteiger charge is 2.42. The maximum Gasteiger partial charge on any atom is 0.227 e. The third kappa shape index (κ3) is 3.69. The molecule has 1 aromatic heterocycles. The largest absolute Gasteiger partial charge is 0.493 e. The Morgan fingerprint density at radius 3 is 2.77 bits per heavy atom. The smallest absolute Gasteiger partial charge is 0.227 e. The summed E-state index contributed by atoms with van der Waals surface area (Å²) in [4.78, 5) is 18.0. The summed E-state index contributed by atoms with van der Waals surface area (Å²) in [6.07, 6.45) is 1.31. The van der Waals surface area contributed by atoms with Crippen molar-refractivity contribution in [2.45, 2.75) is 51.7 Å². The average Bonchev–Trinajstić information content (AvgIpc) is 3.08. The molecule has 2 aliphatic rings. The molecule has 160 valence electrons. The Kier molecular flexibility index (Phi) is 5.53. The van der Waals surface area contributed by atoms with Crippen LogP contribution in [0.25, 0.3) is 0 Å². The minimum atomic E-state index is -0.344. The van der Waals surface area contributed by atoms with E-state index in [1.807, 2.05) is 29.8 Å². The van der Waals surface area contributed by atoms with Gasteiger partial charge in [-0.15, -0.1) is 5.10 Å². The Balaban J connectivity index is 1.88. The van der Waals surface area contributed by atoms with Gasteiger partial charge >= 0.3 is 0 Å². The van der Waals surface area contributed by atoms with Crippen LogP contribution in [0, 0.1) is 5.41 Å². The summed E-state index contributed by atoms with van der Waals surface area (Å²) >= 11 is 1.59. The second kappa shape index (κ2) is 7.98. The molecule has 0 bridgehead atoms. The van der Waals surface area contributed by atoms with Crippen LogP contribution in [0.5, 0.6) is 11.5 Å². The van der Waals surface area contributed by atoms with Gasteiger partial charge in [0.25, 0.3) is 0 Å². The predicted molar refractivity (Wildman–Crippen MR) is 117 cm³/mol. The molecule has 1 aromatic carbocycles. The number of hydrogen-bond acceptors (Lipinski definition) is 7. The van der Waals surface area contributed by atoms with E-state index in [0.717, 1.165) is 29.0 Å². The molecule has 0 spiro atoms. The number of carbonyl (C=O) groups is 1. The highest BCUT2D eigenvalue weighted by Crippen LogP contribution is 2.46. The number of anilines is 1. The Morgan fingerprint density at radius 1 is 1.27 bits per heavy atom. The molecule has 0 radical (unpaired) electrons. The third-order valence-electron chi connectivity index (χ3n) is 5.39. The quantitative estimate of drug-likeness (QED) is 0.681. The van der Waals surface area contributed by atoms with Crippen molar-refractivity contribution in [1.82, 2.24) is 14.8 Å². The fraction of sp³-hybridized carbons (Fsp3) is 0.500. The van der Waals surface area contributed by atoms with Crippen molar-refractivity contribution in [2.75, 3.05) is 24.8 Å². The predicted octanol–water partition coefficient (Wildman–Crippen LogP) is 4.46. The van der Waals surface area contributed by atoms with Gasteiger partial charge in [-0.3, -0.25) is 4.79 Å². The van der Waals surface area contributed by atoms with Crippen molar-refractivity contribution >= 4 is 23.5 Å². The van der Waals surface area contributed by atoms with Gasteiger partial charge in [0.15, 0.2) is 17.3 Å². The topological polar surface area (TPSA) is 78.3 Å². The number of thioether (sulfide) groups is 1. The van der Waals surface area contributed by atoms with E-state index in [9.17, 15) is 4.79 Å². The van der Waals surface area contributed by atoms with Crippen molar-refractivity contribution in [2.24, 2.45) is 5.41 Å². The summed E-state index contributed by atoms with van der Waals surface area (Å²) in [6, 6.07) is 5.47. The molecule has 0 saturated heterocycles. The van der Waals surface area contributed by atoms with E-state index in [1.54, 1.807) is 18.9 Å². The van der Waals surface area contributed by atoms with Crippen LogP contribution in [0.4, 0.5) is 5.95 Å². The van der Waals surface area contributed by atoms with E-state index in [1.165, 1.54) is 0 Å². The normalized spacial score (nSPS) is 19.8. The third-order valence-corrected chi connectivity index (χ3v) is 6.11. The number of methoxy groups -OCH3 is 1. The lowest BCUT2D eigenvalue weighted by Gasteiger charge is -2.38. The minimum absolute atomic E-state index is 0.0902. The van der Waals surface area contributed by atoms with Crippen LogP contribution in [0.2, 0.25) is 0 Å². The number of nitrogens with zero attached hydrogens (tertiary/aromatic N) is 3. The molecular formula is C22H28N4O3S. The molecule has 1 unspecified atom stereocenters. The van der Waals surface area contributed by atoms with Crippen molar-refractivity contribution in [3.8, 4) is 11.5 Å². The van der Waals surface area contributed by atoms with Crippen LogP contribution in [0.1, 0.15) is 52.1 Å². The number of benzene rings is 1. The first-order valence-electron chi connectivity index (χ1n) is 10.3. The molecule has 1 aliphatic carbocycles. The Labute approximate surface area is 181 Å². The van der Waals surface area contributed by atoms with Gasteiger partial charge in [-0.1, -0.05) is 38.6 Å². The lowest BCUT2D eigenvalue weighted by Crippen LogP contribution is -2.36. The van der Waals surface area contributed by atoms with E-state index in [4.69, 9.17) is 14.6 Å². The van der Waals surface area contributed by atoms with Gasteiger partial charge in [0.05, 0.1) is 13.7 Å². The van der Waals surface area contributed by atoms with Gasteiger partial charge in [-0.05, 0) is 42.2 Å². The standard InChI is InChI=1S/C22H28N4O3S/c1-6-29-17-10-13(8-9-16(17)28-5)19-18-14(11-22(3,4)12-15(18)27)23-20-24-21(30-7-2)25-26(19)20/h8-10,19H,6-7,11-12H2,1-5H3,(H,23,24,25). The number of hydrogen-bond donors (Lipinski definition) is 1. The van der Waals surface area contributed by atoms with E-state index in [-0.39, 0.29) is 17.2 Å². The number of Topliss-reactive ketones (excluding diaryl/α,β-unsaturated/α-hetero) is 1. The van der Waals surface area contributed by atoms with E-state index >= 15 is 0 Å². The van der Waals surface area contributed by atoms with Crippen molar-refractivity contribution in [1.29, 1.82) is 0 Å². The molecule has 8 heteroatoms. The number of nitrogens with one attached hydrogen (secondary N) is 1. The van der Waals surface area contributed by atoms with Crippen molar-refractivity contribution < 1.29 is 14.3 Å². The minimum Gasteiger partial charge on any atom is -0.493 e. The maximum absolute atomic E-state index is 13.3. The molecule has 4 rings (SSSR count). The number of carbonyl (C=O) groups excluding carboxylic acids is 1. The number of ketones is 1. The number of ether oxygens (including phenoxy) is 2. The van der Waals surface area contributed by atoms with Crippen LogP contribution in [-0.4, -0.2) is 40.0 Å². The summed E-state index contributed by atoms with van der Waals surface area (Å²) in [7, 11) is 1.62. The Hall–Kier alpha value is -2.48. The molecule has 1 atom stereocenters. The zero-order valence-corrected chi connectivity index (χ0v) is 18.9. The van der Waals surface area contributed by atoms with E-state index in [0.29, 0.717) is 35.6 Å². The van der Waals surface area contributed by atoms with Gasteiger partial charge in [0.2, 0.25) is 11.1 Å². The number of fused-ring (bicyclic) bond motifs is 1. The van der Waals surface area contributed by atoms with Crippen LogP contribution in [-0.2, 0) is 4.79 Å².